The van der Waals surface area contributed by atoms with Crippen molar-refractivity contribution < 1.29 is 31.9 Å². The number of piperazine rings is 1. The fraction of sp³-hybridized carbons (Fsp3) is 0.286. The van der Waals surface area contributed by atoms with E-state index in [1.54, 1.807) is 19.1 Å². The minimum atomic E-state index is -1.07. The highest BCUT2D eigenvalue weighted by Gasteiger charge is 2.42. The fourth-order valence-corrected chi connectivity index (χ4v) is 5.82. The number of anilines is 1. The van der Waals surface area contributed by atoms with Gasteiger partial charge in [0.2, 0.25) is 5.91 Å². The third kappa shape index (κ3) is 7.96. The van der Waals surface area contributed by atoms with Gasteiger partial charge in [-0.3, -0.25) is 14.6 Å². The first kappa shape index (κ1) is 32.8. The highest BCUT2D eigenvalue weighted by Crippen LogP contribution is 2.31. The van der Waals surface area contributed by atoms with Gasteiger partial charge in [0, 0.05) is 43.6 Å². The molecule has 1 fully saturated rings. The van der Waals surface area contributed by atoms with Crippen molar-refractivity contribution >= 4 is 17.4 Å². The van der Waals surface area contributed by atoms with Gasteiger partial charge in [0.25, 0.3) is 0 Å². The topological polar surface area (TPSA) is 92.3 Å². The van der Waals surface area contributed by atoms with Crippen LogP contribution in [0.1, 0.15) is 42.4 Å². The van der Waals surface area contributed by atoms with Crippen LogP contribution in [0, 0.1) is 23.3 Å². The molecule has 0 saturated carbocycles. The molecule has 11 heteroatoms. The molecule has 1 aliphatic rings. The molecule has 0 aliphatic carbocycles. The van der Waals surface area contributed by atoms with Gasteiger partial charge in [0.1, 0.15) is 29.0 Å². The first-order valence-electron chi connectivity index (χ1n) is 15.0. The van der Waals surface area contributed by atoms with Gasteiger partial charge < -0.3 is 20.7 Å². The van der Waals surface area contributed by atoms with Crippen molar-refractivity contribution in [3.63, 3.8) is 0 Å². The van der Waals surface area contributed by atoms with E-state index in [9.17, 15) is 22.8 Å². The predicted octanol–water partition coefficient (Wildman–Crippen LogP) is 5.70. The zero-order chi connectivity index (χ0) is 32.7. The van der Waals surface area contributed by atoms with Crippen LogP contribution in [0.25, 0.3) is 0 Å². The lowest BCUT2D eigenvalue weighted by molar-refractivity contribution is -0.132. The smallest absolute Gasteiger partial charge is 0.225 e. The average Bonchev–Trinajstić information content (AvgIpc) is 3.04. The maximum atomic E-state index is 15.3. The van der Waals surface area contributed by atoms with Crippen molar-refractivity contribution in [2.75, 3.05) is 25.0 Å². The fourth-order valence-electron chi connectivity index (χ4n) is 5.82. The Hall–Kier alpha value is -4.61. The summed E-state index contributed by atoms with van der Waals surface area (Å²) in [6.45, 7) is 3.14. The van der Waals surface area contributed by atoms with Crippen molar-refractivity contribution in [1.29, 1.82) is 0 Å². The summed E-state index contributed by atoms with van der Waals surface area (Å²) in [6, 6.07) is 17.2. The molecular formula is C35H34F4N4O3. The van der Waals surface area contributed by atoms with Gasteiger partial charge >= 0.3 is 0 Å². The van der Waals surface area contributed by atoms with Crippen molar-refractivity contribution in [2.24, 2.45) is 0 Å². The highest BCUT2D eigenvalue weighted by molar-refractivity contribution is 5.93. The normalized spacial score (nSPS) is 17.6. The molecular weight excluding hydrogens is 600 g/mol. The standard InChI is InChI=1S/C35H34F4N4O3/c1-22(46-28-5-3-2-4-6-28)34(45)35(21-40-13-14-42-35)12-11-29-31(39)19-41-20-32(29)43-33(44)18-30(23-7-9-25(36)10-8-23)24-15-26(37)17-27(38)16-24/h2-10,15-17,19-20,22,30,40,42H,11-14,18,21H2,1H3,(H,43,44)/t22?,30-,35-/m0/s1. The molecule has 5 rings (SSSR count). The van der Waals surface area contributed by atoms with Crippen molar-refractivity contribution in [3.8, 4) is 5.75 Å². The second kappa shape index (κ2) is 14.7. The number of amides is 1. The Morgan fingerprint density at radius 1 is 0.913 bits per heavy atom. The van der Waals surface area contributed by atoms with E-state index in [0.29, 0.717) is 30.9 Å². The lowest BCUT2D eigenvalue weighted by atomic mass is 9.83. The number of pyridine rings is 1. The maximum absolute atomic E-state index is 15.3. The number of aromatic nitrogens is 1. The van der Waals surface area contributed by atoms with E-state index in [4.69, 9.17) is 4.74 Å². The van der Waals surface area contributed by atoms with Crippen molar-refractivity contribution in [3.05, 3.63) is 125 Å². The number of halogens is 4. The van der Waals surface area contributed by atoms with E-state index in [2.05, 4.69) is 20.9 Å². The number of nitrogens with one attached hydrogen (secondary N) is 3. The average molecular weight is 635 g/mol. The number of ether oxygens (including phenoxy) is 1. The van der Waals surface area contributed by atoms with Crippen LogP contribution in [-0.4, -0.2) is 48.0 Å². The third-order valence-electron chi connectivity index (χ3n) is 8.12. The number of Topliss-reactive ketones (excluding diaryl/α,β-unsaturated/α-hetero) is 1. The second-order valence-corrected chi connectivity index (χ2v) is 11.3. The van der Waals surface area contributed by atoms with Crippen LogP contribution in [0.2, 0.25) is 0 Å². The van der Waals surface area contributed by atoms with Crippen LogP contribution in [-0.2, 0) is 16.0 Å². The van der Waals surface area contributed by atoms with Gasteiger partial charge in [0.15, 0.2) is 11.9 Å². The molecule has 240 valence electrons. The molecule has 3 N–H and O–H groups in total. The van der Waals surface area contributed by atoms with Crippen LogP contribution in [0.4, 0.5) is 23.2 Å². The van der Waals surface area contributed by atoms with Gasteiger partial charge in [-0.15, -0.1) is 0 Å². The summed E-state index contributed by atoms with van der Waals surface area (Å²) >= 11 is 0. The molecule has 1 saturated heterocycles. The number of rotatable bonds is 12. The Morgan fingerprint density at radius 3 is 2.30 bits per heavy atom. The van der Waals surface area contributed by atoms with Gasteiger partial charge in [-0.1, -0.05) is 30.3 Å². The molecule has 1 aromatic heterocycles. The minimum absolute atomic E-state index is 0.0684. The van der Waals surface area contributed by atoms with Crippen LogP contribution >= 0.6 is 0 Å². The lowest BCUT2D eigenvalue weighted by Crippen LogP contribution is -2.66. The Labute approximate surface area is 264 Å². The number of carbonyl (C=O) groups excluding carboxylic acids is 2. The van der Waals surface area contributed by atoms with Crippen molar-refractivity contribution in [1.82, 2.24) is 15.6 Å². The number of hydrogen-bond acceptors (Lipinski definition) is 6. The van der Waals surface area contributed by atoms with Crippen LogP contribution in [0.5, 0.6) is 5.75 Å². The molecule has 1 aliphatic heterocycles. The number of benzene rings is 3. The molecule has 7 nitrogen and oxygen atoms in total. The van der Waals surface area contributed by atoms with Crippen molar-refractivity contribution in [2.45, 2.75) is 43.7 Å². The minimum Gasteiger partial charge on any atom is -0.483 e. The predicted molar refractivity (Wildman–Crippen MR) is 166 cm³/mol. The summed E-state index contributed by atoms with van der Waals surface area (Å²) in [5, 5.41) is 9.26. The Kier molecular flexibility index (Phi) is 10.4. The zero-order valence-electron chi connectivity index (χ0n) is 25.2. The van der Waals surface area contributed by atoms with E-state index >= 15 is 4.39 Å². The molecule has 1 unspecified atom stereocenters. The molecule has 0 radical (unpaired) electrons. The number of carbonyl (C=O) groups is 2. The number of nitrogens with zero attached hydrogens (tertiary/aromatic N) is 1. The quantitative estimate of drug-likeness (QED) is 0.173. The molecule has 4 aromatic rings. The molecule has 3 aromatic carbocycles. The molecule has 46 heavy (non-hydrogen) atoms. The Morgan fingerprint density at radius 2 is 1.63 bits per heavy atom. The van der Waals surface area contributed by atoms with Crippen LogP contribution in [0.3, 0.4) is 0 Å². The first-order valence-corrected chi connectivity index (χ1v) is 15.0. The summed E-state index contributed by atoms with van der Waals surface area (Å²) < 4.78 is 63.1. The summed E-state index contributed by atoms with van der Waals surface area (Å²) in [5.74, 6) is -3.89. The summed E-state index contributed by atoms with van der Waals surface area (Å²) in [6.07, 6.45) is 1.52. The van der Waals surface area contributed by atoms with Gasteiger partial charge in [-0.2, -0.15) is 0 Å². The number of para-hydroxylation sites is 1. The second-order valence-electron chi connectivity index (χ2n) is 11.3. The summed E-state index contributed by atoms with van der Waals surface area (Å²) in [5.41, 5.74) is -0.177. The van der Waals surface area contributed by atoms with E-state index in [-0.39, 0.29) is 41.9 Å². The van der Waals surface area contributed by atoms with Gasteiger partial charge in [-0.25, -0.2) is 17.6 Å². The summed E-state index contributed by atoms with van der Waals surface area (Å²) in [7, 11) is 0. The number of hydrogen-bond donors (Lipinski definition) is 3. The van der Waals surface area contributed by atoms with Crippen LogP contribution in [0.15, 0.2) is 85.2 Å². The third-order valence-corrected chi connectivity index (χ3v) is 8.12. The molecule has 1 amide bonds. The molecule has 3 atom stereocenters. The number of ketones is 1. The Balaban J connectivity index is 1.35. The zero-order valence-corrected chi connectivity index (χ0v) is 25.2. The first-order chi connectivity index (χ1) is 22.1. The SMILES string of the molecule is CC(Oc1ccccc1)C(=O)[C@]1(CCc2c(F)cncc2NC(=O)C[C@@H](c2ccc(F)cc2)c2cc(F)cc(F)c2)CNCCN1. The van der Waals surface area contributed by atoms with E-state index < -0.39 is 46.7 Å². The van der Waals surface area contributed by atoms with E-state index in [1.807, 2.05) is 18.2 Å². The molecule has 2 heterocycles. The molecule has 0 bridgehead atoms. The van der Waals surface area contributed by atoms with Crippen LogP contribution < -0.4 is 20.7 Å². The van der Waals surface area contributed by atoms with E-state index in [0.717, 1.165) is 24.4 Å². The largest absolute Gasteiger partial charge is 0.483 e. The van der Waals surface area contributed by atoms with Gasteiger partial charge in [0.05, 0.1) is 23.6 Å². The van der Waals surface area contributed by atoms with E-state index in [1.165, 1.54) is 30.5 Å². The summed E-state index contributed by atoms with van der Waals surface area (Å²) in [4.78, 5) is 31.1. The Bertz CT molecular complexity index is 1640. The maximum Gasteiger partial charge on any atom is 0.225 e. The van der Waals surface area contributed by atoms with Gasteiger partial charge in [-0.05, 0) is 67.3 Å². The molecule has 0 spiro atoms. The monoisotopic (exact) mass is 634 g/mol. The highest BCUT2D eigenvalue weighted by atomic mass is 19.1. The lowest BCUT2D eigenvalue weighted by Gasteiger charge is -2.39.